The molecule has 2 atom stereocenters. The van der Waals surface area contributed by atoms with Gasteiger partial charge in [0.1, 0.15) is 5.60 Å². The van der Waals surface area contributed by atoms with Crippen LogP contribution in [0.5, 0.6) is 0 Å². The Bertz CT molecular complexity index is 372. The van der Waals surface area contributed by atoms with Crippen molar-refractivity contribution in [3.63, 3.8) is 0 Å². The van der Waals surface area contributed by atoms with Gasteiger partial charge in [0.25, 0.3) is 0 Å². The number of hydrogen-bond acceptors (Lipinski definition) is 2. The first-order valence-corrected chi connectivity index (χ1v) is 4.81. The Labute approximate surface area is 91.9 Å². The fourth-order valence-corrected chi connectivity index (χ4v) is 1.27. The molecule has 0 aliphatic heterocycles. The predicted molar refractivity (Wildman–Crippen MR) is 54.7 cm³/mol. The Kier molecular flexibility index (Phi) is 3.30. The van der Waals surface area contributed by atoms with Crippen molar-refractivity contribution in [2.24, 2.45) is 5.73 Å². The maximum atomic E-state index is 12.4. The minimum atomic E-state index is -4.41. The zero-order chi connectivity index (χ0) is 12.6. The topological polar surface area (TPSA) is 46.2 Å². The Hall–Kier alpha value is -1.07. The summed E-state index contributed by atoms with van der Waals surface area (Å²) in [7, 11) is 0. The van der Waals surface area contributed by atoms with E-state index in [-0.39, 0.29) is 5.56 Å². The van der Waals surface area contributed by atoms with Gasteiger partial charge in [-0.25, -0.2) is 0 Å². The van der Waals surface area contributed by atoms with Crippen molar-refractivity contribution in [2.75, 3.05) is 0 Å². The molecule has 0 spiro atoms. The molecule has 1 rings (SSSR count). The van der Waals surface area contributed by atoms with Gasteiger partial charge in [-0.3, -0.25) is 0 Å². The quantitative estimate of drug-likeness (QED) is 0.823. The molecule has 2 nitrogen and oxygen atoms in total. The molecule has 5 heteroatoms. The van der Waals surface area contributed by atoms with Crippen LogP contribution in [0.4, 0.5) is 13.2 Å². The lowest BCUT2D eigenvalue weighted by molar-refractivity contribution is -0.137. The van der Waals surface area contributed by atoms with Crippen molar-refractivity contribution in [1.82, 2.24) is 0 Å². The average Bonchev–Trinajstić information content (AvgIpc) is 2.16. The summed E-state index contributed by atoms with van der Waals surface area (Å²) in [6.07, 6.45) is -4.41. The third-order valence-electron chi connectivity index (χ3n) is 2.66. The van der Waals surface area contributed by atoms with Gasteiger partial charge in [0.05, 0.1) is 5.56 Å². The Morgan fingerprint density at radius 2 is 1.75 bits per heavy atom. The summed E-state index contributed by atoms with van der Waals surface area (Å²) in [4.78, 5) is 0. The van der Waals surface area contributed by atoms with Crippen molar-refractivity contribution in [3.05, 3.63) is 35.4 Å². The third-order valence-corrected chi connectivity index (χ3v) is 2.66. The standard InChI is InChI=1S/C11H14F3NO/c1-7(15)10(2,16)8-4-3-5-9(6-8)11(12,13)14/h3-7,16H,15H2,1-2H3. The van der Waals surface area contributed by atoms with Crippen molar-refractivity contribution < 1.29 is 18.3 Å². The van der Waals surface area contributed by atoms with Crippen LogP contribution in [0.2, 0.25) is 0 Å². The van der Waals surface area contributed by atoms with E-state index >= 15 is 0 Å². The van der Waals surface area contributed by atoms with Crippen molar-refractivity contribution in [1.29, 1.82) is 0 Å². The molecule has 0 aliphatic carbocycles. The predicted octanol–water partition coefficient (Wildman–Crippen LogP) is 2.26. The molecule has 3 N–H and O–H groups in total. The van der Waals surface area contributed by atoms with Gasteiger partial charge >= 0.3 is 6.18 Å². The minimum absolute atomic E-state index is 0.164. The van der Waals surface area contributed by atoms with Crippen LogP contribution in [-0.4, -0.2) is 11.1 Å². The molecule has 1 aromatic rings. The van der Waals surface area contributed by atoms with Crippen molar-refractivity contribution >= 4 is 0 Å². The normalized spacial score (nSPS) is 17.9. The zero-order valence-corrected chi connectivity index (χ0v) is 9.05. The van der Waals surface area contributed by atoms with Crippen LogP contribution in [0.15, 0.2) is 24.3 Å². The van der Waals surface area contributed by atoms with E-state index in [4.69, 9.17) is 5.73 Å². The molecule has 0 fully saturated rings. The van der Waals surface area contributed by atoms with Gasteiger partial charge in [0, 0.05) is 6.04 Å². The number of hydrogen-bond donors (Lipinski definition) is 2. The van der Waals surface area contributed by atoms with E-state index < -0.39 is 23.4 Å². The van der Waals surface area contributed by atoms with Crippen LogP contribution < -0.4 is 5.73 Å². The second kappa shape index (κ2) is 4.07. The second-order valence-electron chi connectivity index (χ2n) is 4.01. The highest BCUT2D eigenvalue weighted by molar-refractivity contribution is 5.30. The van der Waals surface area contributed by atoms with Gasteiger partial charge in [-0.05, 0) is 31.5 Å². The first-order valence-electron chi connectivity index (χ1n) is 4.81. The monoisotopic (exact) mass is 233 g/mol. The van der Waals surface area contributed by atoms with E-state index in [2.05, 4.69) is 0 Å². The second-order valence-corrected chi connectivity index (χ2v) is 4.01. The van der Waals surface area contributed by atoms with E-state index in [1.165, 1.54) is 19.1 Å². The van der Waals surface area contributed by atoms with E-state index in [9.17, 15) is 18.3 Å². The molecule has 1 aromatic carbocycles. The van der Waals surface area contributed by atoms with Crippen molar-refractivity contribution in [2.45, 2.75) is 31.7 Å². The summed E-state index contributed by atoms with van der Waals surface area (Å²) in [6.45, 7) is 2.94. The van der Waals surface area contributed by atoms with Crippen LogP contribution in [0, 0.1) is 0 Å². The lowest BCUT2D eigenvalue weighted by Gasteiger charge is -2.28. The van der Waals surface area contributed by atoms with E-state index in [1.54, 1.807) is 6.92 Å². The number of alkyl halides is 3. The molecule has 2 unspecified atom stereocenters. The summed E-state index contributed by atoms with van der Waals surface area (Å²) in [5, 5.41) is 9.96. The third kappa shape index (κ3) is 2.54. The van der Waals surface area contributed by atoms with Gasteiger partial charge < -0.3 is 10.8 Å². The first-order chi connectivity index (χ1) is 7.15. The molecule has 16 heavy (non-hydrogen) atoms. The molecule has 0 amide bonds. The number of benzene rings is 1. The smallest absolute Gasteiger partial charge is 0.384 e. The zero-order valence-electron chi connectivity index (χ0n) is 9.05. The van der Waals surface area contributed by atoms with Gasteiger partial charge in [0.15, 0.2) is 0 Å². The maximum Gasteiger partial charge on any atom is 0.416 e. The lowest BCUT2D eigenvalue weighted by Crippen LogP contribution is -2.40. The lowest BCUT2D eigenvalue weighted by atomic mass is 9.89. The number of nitrogens with two attached hydrogens (primary N) is 1. The largest absolute Gasteiger partial charge is 0.416 e. The summed E-state index contributed by atoms with van der Waals surface area (Å²) in [6, 6.07) is 3.91. The van der Waals surface area contributed by atoms with Crippen LogP contribution in [0.1, 0.15) is 25.0 Å². The van der Waals surface area contributed by atoms with Crippen LogP contribution >= 0.6 is 0 Å². The van der Waals surface area contributed by atoms with Crippen LogP contribution in [0.3, 0.4) is 0 Å². The van der Waals surface area contributed by atoms with Gasteiger partial charge in [0.2, 0.25) is 0 Å². The molecule has 0 aromatic heterocycles. The number of rotatable bonds is 2. The Morgan fingerprint density at radius 3 is 2.19 bits per heavy atom. The molecule has 0 saturated heterocycles. The summed E-state index contributed by atoms with van der Waals surface area (Å²) < 4.78 is 37.3. The van der Waals surface area contributed by atoms with E-state index in [0.29, 0.717) is 0 Å². The van der Waals surface area contributed by atoms with Crippen molar-refractivity contribution in [3.8, 4) is 0 Å². The van der Waals surface area contributed by atoms with Crippen LogP contribution in [-0.2, 0) is 11.8 Å². The fraction of sp³-hybridized carbons (Fsp3) is 0.455. The van der Waals surface area contributed by atoms with Gasteiger partial charge in [-0.15, -0.1) is 0 Å². The molecule has 0 saturated carbocycles. The Morgan fingerprint density at radius 1 is 1.25 bits per heavy atom. The minimum Gasteiger partial charge on any atom is -0.384 e. The highest BCUT2D eigenvalue weighted by Gasteiger charge is 2.34. The molecular formula is C11H14F3NO. The SMILES string of the molecule is CC(N)C(C)(O)c1cccc(C(F)(F)F)c1. The molecule has 0 aliphatic rings. The molecule has 0 heterocycles. The Balaban J connectivity index is 3.18. The average molecular weight is 233 g/mol. The van der Waals surface area contributed by atoms with Gasteiger partial charge in [-0.1, -0.05) is 12.1 Å². The summed E-state index contributed by atoms with van der Waals surface area (Å²) >= 11 is 0. The fourth-order valence-electron chi connectivity index (χ4n) is 1.27. The maximum absolute atomic E-state index is 12.4. The number of aliphatic hydroxyl groups is 1. The number of halogens is 3. The van der Waals surface area contributed by atoms with E-state index in [0.717, 1.165) is 12.1 Å². The molecular weight excluding hydrogens is 219 g/mol. The first kappa shape index (κ1) is 13.0. The van der Waals surface area contributed by atoms with Gasteiger partial charge in [-0.2, -0.15) is 13.2 Å². The summed E-state index contributed by atoms with van der Waals surface area (Å²) in [5.74, 6) is 0. The molecule has 0 radical (unpaired) electrons. The van der Waals surface area contributed by atoms with E-state index in [1.807, 2.05) is 0 Å². The van der Waals surface area contributed by atoms with Crippen LogP contribution in [0.25, 0.3) is 0 Å². The summed E-state index contributed by atoms with van der Waals surface area (Å²) in [5.41, 5.74) is 3.44. The molecule has 90 valence electrons. The highest BCUT2D eigenvalue weighted by atomic mass is 19.4. The highest BCUT2D eigenvalue weighted by Crippen LogP contribution is 2.32. The molecule has 0 bridgehead atoms.